The SMILES string of the molecule is CCC(CC)N(CC(C)C)c1ccc([C@@H](C)N)cc1F. The molecule has 0 bridgehead atoms. The van der Waals surface area contributed by atoms with E-state index in [1.807, 2.05) is 19.1 Å². The maximum Gasteiger partial charge on any atom is 0.146 e. The lowest BCUT2D eigenvalue weighted by atomic mass is 10.0. The fraction of sp³-hybridized carbons (Fsp3) is 0.647. The number of rotatable bonds is 7. The molecule has 0 aliphatic rings. The molecule has 0 fully saturated rings. The smallest absolute Gasteiger partial charge is 0.146 e. The minimum Gasteiger partial charge on any atom is -0.366 e. The molecule has 0 aliphatic heterocycles. The maximum atomic E-state index is 14.4. The Morgan fingerprint density at radius 2 is 1.75 bits per heavy atom. The summed E-state index contributed by atoms with van der Waals surface area (Å²) in [5, 5.41) is 0. The van der Waals surface area contributed by atoms with E-state index in [9.17, 15) is 4.39 Å². The van der Waals surface area contributed by atoms with E-state index in [1.54, 1.807) is 6.07 Å². The molecule has 20 heavy (non-hydrogen) atoms. The first-order chi connectivity index (χ1) is 9.40. The van der Waals surface area contributed by atoms with Gasteiger partial charge in [0.2, 0.25) is 0 Å². The molecule has 1 aromatic rings. The van der Waals surface area contributed by atoms with Crippen molar-refractivity contribution in [1.82, 2.24) is 0 Å². The van der Waals surface area contributed by atoms with E-state index < -0.39 is 0 Å². The molecule has 0 heterocycles. The van der Waals surface area contributed by atoms with Crippen molar-refractivity contribution in [2.24, 2.45) is 11.7 Å². The van der Waals surface area contributed by atoms with Crippen LogP contribution < -0.4 is 10.6 Å². The Hall–Kier alpha value is -1.09. The zero-order chi connectivity index (χ0) is 15.3. The van der Waals surface area contributed by atoms with Gasteiger partial charge in [0, 0.05) is 18.6 Å². The normalized spacial score (nSPS) is 13.1. The molecule has 1 aromatic carbocycles. The summed E-state index contributed by atoms with van der Waals surface area (Å²) in [5.74, 6) is 0.343. The standard InChI is InChI=1S/C17H29FN2/c1-6-15(7-2)20(11-12(3)4)17-9-8-14(13(5)19)10-16(17)18/h8-10,12-13,15H,6-7,11,19H2,1-5H3/t13-/m1/s1. The van der Waals surface area contributed by atoms with E-state index in [4.69, 9.17) is 5.73 Å². The predicted molar refractivity (Wildman–Crippen MR) is 85.6 cm³/mol. The lowest BCUT2D eigenvalue weighted by Crippen LogP contribution is -2.38. The second-order valence-corrected chi connectivity index (χ2v) is 6.02. The summed E-state index contributed by atoms with van der Waals surface area (Å²) in [6.45, 7) is 11.4. The van der Waals surface area contributed by atoms with Gasteiger partial charge in [0.25, 0.3) is 0 Å². The van der Waals surface area contributed by atoms with Crippen LogP contribution in [0.2, 0.25) is 0 Å². The molecule has 0 saturated carbocycles. The van der Waals surface area contributed by atoms with Gasteiger partial charge in [-0.15, -0.1) is 0 Å². The van der Waals surface area contributed by atoms with Crippen LogP contribution in [-0.2, 0) is 0 Å². The van der Waals surface area contributed by atoms with Crippen LogP contribution in [0.3, 0.4) is 0 Å². The zero-order valence-electron chi connectivity index (χ0n) is 13.5. The topological polar surface area (TPSA) is 29.3 Å². The van der Waals surface area contributed by atoms with Crippen molar-refractivity contribution in [1.29, 1.82) is 0 Å². The number of nitrogens with two attached hydrogens (primary N) is 1. The van der Waals surface area contributed by atoms with E-state index >= 15 is 0 Å². The van der Waals surface area contributed by atoms with Crippen molar-refractivity contribution in [3.8, 4) is 0 Å². The van der Waals surface area contributed by atoms with Crippen molar-refractivity contribution in [2.45, 2.75) is 59.5 Å². The van der Waals surface area contributed by atoms with E-state index in [0.29, 0.717) is 17.6 Å². The number of anilines is 1. The Balaban J connectivity index is 3.13. The summed E-state index contributed by atoms with van der Waals surface area (Å²) in [7, 11) is 0. The Bertz CT molecular complexity index is 411. The summed E-state index contributed by atoms with van der Waals surface area (Å²) < 4.78 is 14.4. The third kappa shape index (κ3) is 4.20. The summed E-state index contributed by atoms with van der Waals surface area (Å²) in [6, 6.07) is 5.65. The lowest BCUT2D eigenvalue weighted by molar-refractivity contribution is 0.495. The summed E-state index contributed by atoms with van der Waals surface area (Å²) in [5.41, 5.74) is 7.37. The molecular formula is C17H29FN2. The monoisotopic (exact) mass is 280 g/mol. The first-order valence-electron chi connectivity index (χ1n) is 7.72. The lowest BCUT2D eigenvalue weighted by Gasteiger charge is -2.34. The summed E-state index contributed by atoms with van der Waals surface area (Å²) in [6.07, 6.45) is 2.05. The molecule has 1 atom stereocenters. The number of hydrogen-bond donors (Lipinski definition) is 1. The number of halogens is 1. The van der Waals surface area contributed by atoms with Crippen LogP contribution >= 0.6 is 0 Å². The minimum atomic E-state index is -0.160. The minimum absolute atomic E-state index is 0.134. The van der Waals surface area contributed by atoms with Crippen molar-refractivity contribution >= 4 is 5.69 Å². The van der Waals surface area contributed by atoms with Crippen LogP contribution in [-0.4, -0.2) is 12.6 Å². The van der Waals surface area contributed by atoms with E-state index in [2.05, 4.69) is 32.6 Å². The van der Waals surface area contributed by atoms with E-state index in [1.165, 1.54) is 0 Å². The van der Waals surface area contributed by atoms with Crippen LogP contribution in [0.25, 0.3) is 0 Å². The van der Waals surface area contributed by atoms with Crippen LogP contribution in [0, 0.1) is 11.7 Å². The predicted octanol–water partition coefficient (Wildman–Crippen LogP) is 4.50. The van der Waals surface area contributed by atoms with Crippen molar-refractivity contribution < 1.29 is 4.39 Å². The molecule has 2 N–H and O–H groups in total. The van der Waals surface area contributed by atoms with Gasteiger partial charge in [0.15, 0.2) is 0 Å². The van der Waals surface area contributed by atoms with Crippen molar-refractivity contribution in [2.75, 3.05) is 11.4 Å². The fourth-order valence-corrected chi connectivity index (χ4v) is 2.61. The Kier molecular flexibility index (Phi) is 6.47. The molecule has 0 amide bonds. The quantitative estimate of drug-likeness (QED) is 0.797. The first kappa shape index (κ1) is 17.0. The van der Waals surface area contributed by atoms with Crippen molar-refractivity contribution in [3.05, 3.63) is 29.6 Å². The van der Waals surface area contributed by atoms with Crippen LogP contribution in [0.15, 0.2) is 18.2 Å². The van der Waals surface area contributed by atoms with Crippen LogP contribution in [0.5, 0.6) is 0 Å². The highest BCUT2D eigenvalue weighted by molar-refractivity contribution is 5.50. The summed E-state index contributed by atoms with van der Waals surface area (Å²) >= 11 is 0. The van der Waals surface area contributed by atoms with Crippen molar-refractivity contribution in [3.63, 3.8) is 0 Å². The second kappa shape index (κ2) is 7.63. The fourth-order valence-electron chi connectivity index (χ4n) is 2.61. The molecule has 0 spiro atoms. The molecule has 2 nitrogen and oxygen atoms in total. The molecular weight excluding hydrogens is 251 g/mol. The number of nitrogens with zero attached hydrogens (tertiary/aromatic N) is 1. The third-order valence-electron chi connectivity index (χ3n) is 3.75. The van der Waals surface area contributed by atoms with Gasteiger partial charge in [0.05, 0.1) is 5.69 Å². The Morgan fingerprint density at radius 3 is 2.15 bits per heavy atom. The van der Waals surface area contributed by atoms with Crippen LogP contribution in [0.1, 0.15) is 59.1 Å². The first-order valence-corrected chi connectivity index (χ1v) is 7.72. The molecule has 0 radical (unpaired) electrons. The van der Waals surface area contributed by atoms with Gasteiger partial charge < -0.3 is 10.6 Å². The molecule has 0 aliphatic carbocycles. The largest absolute Gasteiger partial charge is 0.366 e. The van der Waals surface area contributed by atoms with E-state index in [0.717, 1.165) is 24.9 Å². The van der Waals surface area contributed by atoms with Gasteiger partial charge in [0.1, 0.15) is 5.82 Å². The van der Waals surface area contributed by atoms with Gasteiger partial charge in [-0.3, -0.25) is 0 Å². The molecule has 0 saturated heterocycles. The third-order valence-corrected chi connectivity index (χ3v) is 3.75. The molecule has 3 heteroatoms. The van der Waals surface area contributed by atoms with Gasteiger partial charge >= 0.3 is 0 Å². The second-order valence-electron chi connectivity index (χ2n) is 6.02. The van der Waals surface area contributed by atoms with Gasteiger partial charge in [-0.2, -0.15) is 0 Å². The maximum absolute atomic E-state index is 14.4. The Labute approximate surface area is 123 Å². The number of hydrogen-bond acceptors (Lipinski definition) is 2. The molecule has 0 unspecified atom stereocenters. The highest BCUT2D eigenvalue weighted by Crippen LogP contribution is 2.27. The number of benzene rings is 1. The van der Waals surface area contributed by atoms with Crippen LogP contribution in [0.4, 0.5) is 10.1 Å². The molecule has 0 aromatic heterocycles. The zero-order valence-corrected chi connectivity index (χ0v) is 13.5. The highest BCUT2D eigenvalue weighted by atomic mass is 19.1. The Morgan fingerprint density at radius 1 is 1.15 bits per heavy atom. The molecule has 1 rings (SSSR count). The van der Waals surface area contributed by atoms with Gasteiger partial charge in [-0.25, -0.2) is 4.39 Å². The highest BCUT2D eigenvalue weighted by Gasteiger charge is 2.20. The van der Waals surface area contributed by atoms with Gasteiger partial charge in [-0.05, 0) is 43.4 Å². The van der Waals surface area contributed by atoms with E-state index in [-0.39, 0.29) is 11.9 Å². The van der Waals surface area contributed by atoms with Gasteiger partial charge in [-0.1, -0.05) is 33.8 Å². The molecule has 114 valence electrons. The summed E-state index contributed by atoms with van der Waals surface area (Å²) in [4.78, 5) is 2.21. The average molecular weight is 280 g/mol. The average Bonchev–Trinajstić information content (AvgIpc) is 2.38.